The summed E-state index contributed by atoms with van der Waals surface area (Å²) < 4.78 is 0. The number of carbonyl (C=O) groups is 1. The zero-order valence-corrected chi connectivity index (χ0v) is 13.2. The van der Waals surface area contributed by atoms with Gasteiger partial charge in [-0.05, 0) is 49.9 Å². The number of rotatable bonds is 2. The summed E-state index contributed by atoms with van der Waals surface area (Å²) in [5, 5.41) is 4.15. The molecule has 0 saturated carbocycles. The fourth-order valence-electron chi connectivity index (χ4n) is 2.50. The number of aryl methyl sites for hydroxylation is 2. The molecule has 3 rings (SSSR count). The first kappa shape index (κ1) is 14.5. The number of hydrogen-bond donors (Lipinski definition) is 2. The maximum atomic E-state index is 12.3. The van der Waals surface area contributed by atoms with Crippen LogP contribution in [0.3, 0.4) is 0 Å². The lowest BCUT2D eigenvalue weighted by Gasteiger charge is -2.15. The van der Waals surface area contributed by atoms with E-state index in [2.05, 4.69) is 10.3 Å². The van der Waals surface area contributed by atoms with Crippen LogP contribution in [0.4, 0.5) is 5.13 Å². The topological polar surface area (TPSA) is 68.0 Å². The number of hydrogen-bond acceptors (Lipinski definition) is 4. The van der Waals surface area contributed by atoms with Crippen LogP contribution in [0.1, 0.15) is 32.9 Å². The molecule has 1 aromatic carbocycles. The largest absolute Gasteiger partial charge is 0.327 e. The van der Waals surface area contributed by atoms with E-state index in [1.165, 1.54) is 16.2 Å². The summed E-state index contributed by atoms with van der Waals surface area (Å²) in [6, 6.07) is 5.44. The Morgan fingerprint density at radius 3 is 3.10 bits per heavy atom. The molecule has 0 aliphatic heterocycles. The predicted octanol–water partition coefficient (Wildman–Crippen LogP) is 3.17. The summed E-state index contributed by atoms with van der Waals surface area (Å²) in [6.07, 6.45) is 2.70. The molecule has 1 aromatic heterocycles. The van der Waals surface area contributed by atoms with Gasteiger partial charge in [-0.3, -0.25) is 10.1 Å². The van der Waals surface area contributed by atoms with Gasteiger partial charge in [0, 0.05) is 21.5 Å². The lowest BCUT2D eigenvalue weighted by Crippen LogP contribution is -2.27. The molecule has 1 atom stereocenters. The third-order valence-electron chi connectivity index (χ3n) is 3.63. The molecule has 21 heavy (non-hydrogen) atoms. The number of nitrogens with two attached hydrogens (primary N) is 1. The third kappa shape index (κ3) is 3.10. The zero-order chi connectivity index (χ0) is 15.0. The van der Waals surface area contributed by atoms with Gasteiger partial charge in [0.15, 0.2) is 5.13 Å². The molecule has 0 saturated heterocycles. The maximum Gasteiger partial charge on any atom is 0.257 e. The van der Waals surface area contributed by atoms with Crippen molar-refractivity contribution in [1.29, 1.82) is 0 Å². The number of thiazole rings is 1. The van der Waals surface area contributed by atoms with E-state index in [1.807, 2.05) is 6.92 Å². The van der Waals surface area contributed by atoms with Gasteiger partial charge in [0.1, 0.15) is 0 Å². The van der Waals surface area contributed by atoms with Crippen molar-refractivity contribution in [3.05, 3.63) is 44.9 Å². The Kier molecular flexibility index (Phi) is 3.97. The SMILES string of the molecule is Cc1cc(Cl)ccc1C(=O)Nc1nc2c(s1)C[C@@H](N)CC2. The lowest BCUT2D eigenvalue weighted by atomic mass is 9.99. The van der Waals surface area contributed by atoms with Crippen LogP contribution in [-0.4, -0.2) is 16.9 Å². The summed E-state index contributed by atoms with van der Waals surface area (Å²) in [4.78, 5) is 18.0. The molecule has 1 aliphatic carbocycles. The van der Waals surface area contributed by atoms with Gasteiger partial charge < -0.3 is 5.73 Å². The van der Waals surface area contributed by atoms with Crippen molar-refractivity contribution in [2.75, 3.05) is 5.32 Å². The minimum atomic E-state index is -0.153. The third-order valence-corrected chi connectivity index (χ3v) is 4.90. The van der Waals surface area contributed by atoms with Gasteiger partial charge in [-0.25, -0.2) is 4.98 Å². The van der Waals surface area contributed by atoms with E-state index in [0.717, 1.165) is 30.5 Å². The van der Waals surface area contributed by atoms with Crippen LogP contribution in [0, 0.1) is 6.92 Å². The van der Waals surface area contributed by atoms with E-state index >= 15 is 0 Å². The molecular formula is C15H16ClN3OS. The molecule has 0 bridgehead atoms. The van der Waals surface area contributed by atoms with E-state index in [4.69, 9.17) is 17.3 Å². The second-order valence-corrected chi connectivity index (χ2v) is 6.83. The van der Waals surface area contributed by atoms with E-state index in [-0.39, 0.29) is 11.9 Å². The maximum absolute atomic E-state index is 12.3. The first-order valence-corrected chi connectivity index (χ1v) is 8.04. The van der Waals surface area contributed by atoms with Crippen LogP contribution in [0.2, 0.25) is 5.02 Å². The summed E-state index contributed by atoms with van der Waals surface area (Å²) in [5.74, 6) is -0.153. The molecule has 110 valence electrons. The van der Waals surface area contributed by atoms with Crippen LogP contribution in [-0.2, 0) is 12.8 Å². The summed E-state index contributed by atoms with van der Waals surface area (Å²) >= 11 is 7.43. The van der Waals surface area contributed by atoms with Crippen molar-refractivity contribution in [1.82, 2.24) is 4.98 Å². The van der Waals surface area contributed by atoms with Gasteiger partial charge in [0.25, 0.3) is 5.91 Å². The minimum absolute atomic E-state index is 0.153. The Bertz CT molecular complexity index is 698. The molecule has 1 heterocycles. The van der Waals surface area contributed by atoms with Crippen molar-refractivity contribution >= 4 is 34.0 Å². The average molecular weight is 322 g/mol. The first-order valence-electron chi connectivity index (χ1n) is 6.84. The Balaban J connectivity index is 1.79. The van der Waals surface area contributed by atoms with Gasteiger partial charge in [-0.15, -0.1) is 11.3 Å². The fraction of sp³-hybridized carbons (Fsp3) is 0.333. The summed E-state index contributed by atoms with van der Waals surface area (Å²) in [5.41, 5.74) is 8.50. The van der Waals surface area contributed by atoms with Crippen molar-refractivity contribution in [2.24, 2.45) is 5.73 Å². The number of nitrogens with one attached hydrogen (secondary N) is 1. The molecule has 0 radical (unpaired) electrons. The average Bonchev–Trinajstić information content (AvgIpc) is 2.79. The molecule has 2 aromatic rings. The highest BCUT2D eigenvalue weighted by Crippen LogP contribution is 2.29. The second-order valence-electron chi connectivity index (χ2n) is 5.31. The van der Waals surface area contributed by atoms with Gasteiger partial charge in [-0.2, -0.15) is 0 Å². The number of benzene rings is 1. The normalized spacial score (nSPS) is 17.4. The van der Waals surface area contributed by atoms with E-state index in [9.17, 15) is 4.79 Å². The van der Waals surface area contributed by atoms with Crippen molar-refractivity contribution in [3.8, 4) is 0 Å². The summed E-state index contributed by atoms with van der Waals surface area (Å²) in [6.45, 7) is 1.87. The molecular weight excluding hydrogens is 306 g/mol. The number of halogens is 1. The molecule has 3 N–H and O–H groups in total. The molecule has 4 nitrogen and oxygen atoms in total. The number of anilines is 1. The minimum Gasteiger partial charge on any atom is -0.327 e. The second kappa shape index (κ2) is 5.75. The van der Waals surface area contributed by atoms with Crippen molar-refractivity contribution in [2.45, 2.75) is 32.2 Å². The Hall–Kier alpha value is -1.43. The Morgan fingerprint density at radius 2 is 2.33 bits per heavy atom. The molecule has 0 spiro atoms. The monoisotopic (exact) mass is 321 g/mol. The molecule has 1 amide bonds. The first-order chi connectivity index (χ1) is 10.0. The van der Waals surface area contributed by atoms with E-state index in [1.54, 1.807) is 18.2 Å². The van der Waals surface area contributed by atoms with E-state index in [0.29, 0.717) is 15.7 Å². The van der Waals surface area contributed by atoms with Crippen LogP contribution in [0.15, 0.2) is 18.2 Å². The van der Waals surface area contributed by atoms with Crippen molar-refractivity contribution < 1.29 is 4.79 Å². The van der Waals surface area contributed by atoms with Crippen LogP contribution in [0.25, 0.3) is 0 Å². The van der Waals surface area contributed by atoms with Gasteiger partial charge >= 0.3 is 0 Å². The quantitative estimate of drug-likeness (QED) is 0.892. The van der Waals surface area contributed by atoms with Crippen molar-refractivity contribution in [3.63, 3.8) is 0 Å². The number of amides is 1. The van der Waals surface area contributed by atoms with Crippen LogP contribution >= 0.6 is 22.9 Å². The highest BCUT2D eigenvalue weighted by molar-refractivity contribution is 7.15. The van der Waals surface area contributed by atoms with Crippen LogP contribution < -0.4 is 11.1 Å². The highest BCUT2D eigenvalue weighted by atomic mass is 35.5. The summed E-state index contributed by atoms with van der Waals surface area (Å²) in [7, 11) is 0. The Labute approximate surface area is 132 Å². The molecule has 0 unspecified atom stereocenters. The number of fused-ring (bicyclic) bond motifs is 1. The van der Waals surface area contributed by atoms with Gasteiger partial charge in [-0.1, -0.05) is 11.6 Å². The fourth-order valence-corrected chi connectivity index (χ4v) is 3.82. The number of aromatic nitrogens is 1. The zero-order valence-electron chi connectivity index (χ0n) is 11.6. The van der Waals surface area contributed by atoms with Gasteiger partial charge in [0.2, 0.25) is 0 Å². The number of nitrogens with zero attached hydrogens (tertiary/aromatic N) is 1. The van der Waals surface area contributed by atoms with Crippen LogP contribution in [0.5, 0.6) is 0 Å². The van der Waals surface area contributed by atoms with Gasteiger partial charge in [0.05, 0.1) is 5.69 Å². The standard InChI is InChI=1S/C15H16ClN3OS/c1-8-6-9(16)2-4-11(8)14(20)19-15-18-12-5-3-10(17)7-13(12)21-15/h2,4,6,10H,3,5,7,17H2,1H3,(H,18,19,20)/t10-/m0/s1. The smallest absolute Gasteiger partial charge is 0.257 e. The Morgan fingerprint density at radius 1 is 1.52 bits per heavy atom. The predicted molar refractivity (Wildman–Crippen MR) is 86.3 cm³/mol. The highest BCUT2D eigenvalue weighted by Gasteiger charge is 2.21. The lowest BCUT2D eigenvalue weighted by molar-refractivity contribution is 0.102. The number of carbonyl (C=O) groups excluding carboxylic acids is 1. The molecule has 0 fully saturated rings. The molecule has 6 heteroatoms. The van der Waals surface area contributed by atoms with E-state index < -0.39 is 0 Å². The molecule has 1 aliphatic rings.